The number of ether oxygens (including phenoxy) is 1. The smallest absolute Gasteiger partial charge is 0.270 e. The van der Waals surface area contributed by atoms with E-state index in [9.17, 15) is 9.18 Å². The Balaban J connectivity index is 1.85. The molecule has 0 N–H and O–H groups in total. The van der Waals surface area contributed by atoms with E-state index in [0.29, 0.717) is 12.3 Å². The number of amides is 1. The number of hydrogen-bond donors (Lipinski definition) is 0. The number of aryl methyl sites for hydroxylation is 1. The molecule has 0 spiro atoms. The van der Waals surface area contributed by atoms with E-state index in [1.807, 2.05) is 24.3 Å². The lowest BCUT2D eigenvalue weighted by molar-refractivity contribution is -0.131. The molecule has 4 heteroatoms. The molecule has 0 saturated heterocycles. The van der Waals surface area contributed by atoms with Gasteiger partial charge in [0, 0.05) is 12.2 Å². The Morgan fingerprint density at radius 3 is 1.94 bits per heavy atom. The van der Waals surface area contributed by atoms with Crippen LogP contribution < -0.4 is 9.64 Å². The van der Waals surface area contributed by atoms with E-state index in [1.165, 1.54) is 29.8 Å². The van der Waals surface area contributed by atoms with Crippen molar-refractivity contribution in [2.24, 2.45) is 5.92 Å². The number of anilines is 1. The van der Waals surface area contributed by atoms with Gasteiger partial charge < -0.3 is 9.64 Å². The van der Waals surface area contributed by atoms with Gasteiger partial charge in [-0.2, -0.15) is 0 Å². The van der Waals surface area contributed by atoms with Crippen LogP contribution in [-0.4, -0.2) is 18.1 Å². The Morgan fingerprint density at radius 2 is 1.42 bits per heavy atom. The number of hydrogen-bond acceptors (Lipinski definition) is 2. The molecule has 0 unspecified atom stereocenters. The highest BCUT2D eigenvalue weighted by atomic mass is 19.1. The Morgan fingerprint density at radius 1 is 0.903 bits per heavy atom. The summed E-state index contributed by atoms with van der Waals surface area (Å²) in [7, 11) is 0. The molecule has 0 saturated carbocycles. The van der Waals surface area contributed by atoms with E-state index in [-0.39, 0.29) is 17.6 Å². The number of halogens is 1. The summed E-state index contributed by atoms with van der Waals surface area (Å²) in [5.74, 6) is 0.251. The van der Waals surface area contributed by atoms with Crippen molar-refractivity contribution in [2.45, 2.75) is 40.2 Å². The van der Waals surface area contributed by atoms with Gasteiger partial charge in [-0.1, -0.05) is 55.8 Å². The van der Waals surface area contributed by atoms with Crippen LogP contribution in [0.4, 0.5) is 10.1 Å². The summed E-state index contributed by atoms with van der Waals surface area (Å²) >= 11 is 0. The maximum absolute atomic E-state index is 13.5. The second-order valence-electron chi connectivity index (χ2n) is 8.79. The van der Waals surface area contributed by atoms with Gasteiger partial charge in [0.25, 0.3) is 5.91 Å². The Kier molecular flexibility index (Phi) is 6.79. The molecule has 3 rings (SSSR count). The van der Waals surface area contributed by atoms with Crippen LogP contribution in [0.5, 0.6) is 5.75 Å². The minimum absolute atomic E-state index is 0.145. The van der Waals surface area contributed by atoms with Gasteiger partial charge in [-0.15, -0.1) is 0 Å². The third-order valence-electron chi connectivity index (χ3n) is 5.06. The van der Waals surface area contributed by atoms with E-state index >= 15 is 0 Å². The molecule has 1 amide bonds. The zero-order chi connectivity index (χ0) is 22.6. The lowest BCUT2D eigenvalue weighted by Gasteiger charge is -2.33. The summed E-state index contributed by atoms with van der Waals surface area (Å²) in [6.07, 6.45) is 0. The van der Waals surface area contributed by atoms with E-state index < -0.39 is 5.60 Å². The quantitative estimate of drug-likeness (QED) is 0.429. The van der Waals surface area contributed by atoms with Crippen molar-refractivity contribution < 1.29 is 13.9 Å². The lowest BCUT2D eigenvalue weighted by atomic mass is 10.0. The molecule has 3 aromatic carbocycles. The first-order valence-corrected chi connectivity index (χ1v) is 10.6. The Bertz CT molecular complexity index is 1010. The van der Waals surface area contributed by atoms with E-state index in [0.717, 1.165) is 16.8 Å². The fraction of sp³-hybridized carbons (Fsp3) is 0.296. The second kappa shape index (κ2) is 9.34. The van der Waals surface area contributed by atoms with Crippen molar-refractivity contribution in [2.75, 3.05) is 11.4 Å². The SMILES string of the molecule is Cc1ccc(-c2ccc(N(CC(C)C)C(=O)C(C)(C)Oc3ccc(F)cc3)cc2)cc1. The van der Waals surface area contributed by atoms with Crippen LogP contribution in [0.2, 0.25) is 0 Å². The lowest BCUT2D eigenvalue weighted by Crippen LogP contribution is -2.50. The summed E-state index contributed by atoms with van der Waals surface area (Å²) < 4.78 is 19.2. The van der Waals surface area contributed by atoms with Crippen LogP contribution in [-0.2, 0) is 4.79 Å². The highest BCUT2D eigenvalue weighted by Crippen LogP contribution is 2.27. The zero-order valence-corrected chi connectivity index (χ0v) is 18.9. The first kappa shape index (κ1) is 22.5. The van der Waals surface area contributed by atoms with Gasteiger partial charge in [0.2, 0.25) is 0 Å². The third kappa shape index (κ3) is 5.72. The van der Waals surface area contributed by atoms with Crippen LogP contribution in [0.15, 0.2) is 72.8 Å². The largest absolute Gasteiger partial charge is 0.478 e. The minimum atomic E-state index is -1.11. The molecular formula is C27H30FNO2. The minimum Gasteiger partial charge on any atom is -0.478 e. The van der Waals surface area contributed by atoms with Crippen LogP contribution in [0.3, 0.4) is 0 Å². The van der Waals surface area contributed by atoms with Gasteiger partial charge in [0.15, 0.2) is 5.60 Å². The van der Waals surface area contributed by atoms with Gasteiger partial charge >= 0.3 is 0 Å². The molecule has 3 aromatic rings. The molecule has 0 aliphatic heterocycles. The van der Waals surface area contributed by atoms with Crippen molar-refractivity contribution in [1.29, 1.82) is 0 Å². The second-order valence-corrected chi connectivity index (χ2v) is 8.79. The van der Waals surface area contributed by atoms with Crippen LogP contribution in [0, 0.1) is 18.7 Å². The van der Waals surface area contributed by atoms with Crippen LogP contribution in [0.1, 0.15) is 33.3 Å². The van der Waals surface area contributed by atoms with Crippen molar-refractivity contribution >= 4 is 11.6 Å². The summed E-state index contributed by atoms with van der Waals surface area (Å²) in [6, 6.07) is 22.1. The van der Waals surface area contributed by atoms with Gasteiger partial charge in [-0.05, 0) is 74.2 Å². The van der Waals surface area contributed by atoms with Gasteiger partial charge in [-0.3, -0.25) is 4.79 Å². The molecule has 0 heterocycles. The fourth-order valence-electron chi connectivity index (χ4n) is 3.42. The first-order chi connectivity index (χ1) is 14.7. The highest BCUT2D eigenvalue weighted by molar-refractivity contribution is 5.99. The van der Waals surface area contributed by atoms with E-state index in [2.05, 4.69) is 45.0 Å². The third-order valence-corrected chi connectivity index (χ3v) is 5.06. The molecule has 0 radical (unpaired) electrons. The number of carbonyl (C=O) groups excluding carboxylic acids is 1. The molecule has 31 heavy (non-hydrogen) atoms. The predicted octanol–water partition coefficient (Wildman–Crippen LogP) is 6.65. The van der Waals surface area contributed by atoms with E-state index in [4.69, 9.17) is 4.74 Å². The fourth-order valence-corrected chi connectivity index (χ4v) is 3.42. The molecule has 0 aliphatic carbocycles. The van der Waals surface area contributed by atoms with Crippen LogP contribution in [0.25, 0.3) is 11.1 Å². The topological polar surface area (TPSA) is 29.5 Å². The standard InChI is InChI=1S/C27H30FNO2/c1-19(2)18-29(26(30)27(4,5)31-25-16-12-23(28)13-17-25)24-14-10-22(11-15-24)21-8-6-20(3)7-9-21/h6-17,19H,18H2,1-5H3. The average molecular weight is 420 g/mol. The van der Waals surface area contributed by atoms with Gasteiger partial charge in [0.05, 0.1) is 0 Å². The van der Waals surface area contributed by atoms with Gasteiger partial charge in [0.1, 0.15) is 11.6 Å². The summed E-state index contributed by atoms with van der Waals surface area (Å²) in [5, 5.41) is 0. The zero-order valence-electron chi connectivity index (χ0n) is 18.9. The van der Waals surface area contributed by atoms with Crippen molar-refractivity contribution in [1.82, 2.24) is 0 Å². The number of benzene rings is 3. The summed E-state index contributed by atoms with van der Waals surface area (Å²) in [6.45, 7) is 10.3. The molecule has 0 bridgehead atoms. The number of nitrogens with zero attached hydrogens (tertiary/aromatic N) is 1. The van der Waals surface area contributed by atoms with Crippen molar-refractivity contribution in [3.05, 3.63) is 84.2 Å². The van der Waals surface area contributed by atoms with Gasteiger partial charge in [-0.25, -0.2) is 4.39 Å². The number of carbonyl (C=O) groups is 1. The van der Waals surface area contributed by atoms with Crippen molar-refractivity contribution in [3.63, 3.8) is 0 Å². The summed E-state index contributed by atoms with van der Waals surface area (Å²) in [5.41, 5.74) is 3.17. The maximum Gasteiger partial charge on any atom is 0.270 e. The average Bonchev–Trinajstić information content (AvgIpc) is 2.74. The molecule has 0 atom stereocenters. The van der Waals surface area contributed by atoms with E-state index in [1.54, 1.807) is 18.7 Å². The molecular weight excluding hydrogens is 389 g/mol. The molecule has 0 aromatic heterocycles. The normalized spacial score (nSPS) is 11.5. The number of rotatable bonds is 7. The molecule has 162 valence electrons. The first-order valence-electron chi connectivity index (χ1n) is 10.6. The maximum atomic E-state index is 13.5. The predicted molar refractivity (Wildman–Crippen MR) is 125 cm³/mol. The van der Waals surface area contributed by atoms with Crippen molar-refractivity contribution in [3.8, 4) is 16.9 Å². The summed E-state index contributed by atoms with van der Waals surface area (Å²) in [4.78, 5) is 15.3. The highest BCUT2D eigenvalue weighted by Gasteiger charge is 2.35. The van der Waals surface area contributed by atoms with Crippen LogP contribution >= 0.6 is 0 Å². The Hall–Kier alpha value is -3.14. The Labute approximate surface area is 184 Å². The molecule has 0 aliphatic rings. The monoisotopic (exact) mass is 419 g/mol. The molecule has 3 nitrogen and oxygen atoms in total. The molecule has 0 fully saturated rings.